The summed E-state index contributed by atoms with van der Waals surface area (Å²) >= 11 is 0. The van der Waals surface area contributed by atoms with E-state index in [0.717, 1.165) is 12.6 Å². The van der Waals surface area contributed by atoms with Crippen LogP contribution >= 0.6 is 0 Å². The summed E-state index contributed by atoms with van der Waals surface area (Å²) in [5.41, 5.74) is 2.77. The van der Waals surface area contributed by atoms with E-state index in [-0.39, 0.29) is 0 Å². The monoisotopic (exact) mass is 233 g/mol. The average Bonchev–Trinajstić information content (AvgIpc) is 3.12. The zero-order chi connectivity index (χ0) is 11.7. The molecule has 0 bridgehead atoms. The molecule has 3 heteroatoms. The Morgan fingerprint density at radius 1 is 1.24 bits per heavy atom. The summed E-state index contributed by atoms with van der Waals surface area (Å²) in [7, 11) is 0. The van der Waals surface area contributed by atoms with Crippen molar-refractivity contribution in [3.63, 3.8) is 0 Å². The Kier molecular flexibility index (Phi) is 3.19. The molecule has 0 aromatic carbocycles. The van der Waals surface area contributed by atoms with Crippen LogP contribution in [0.2, 0.25) is 0 Å². The van der Waals surface area contributed by atoms with Crippen LogP contribution in [-0.4, -0.2) is 15.8 Å². The van der Waals surface area contributed by atoms with Gasteiger partial charge in [-0.2, -0.15) is 5.10 Å². The van der Waals surface area contributed by atoms with Gasteiger partial charge in [0.15, 0.2) is 0 Å². The number of rotatable bonds is 4. The summed E-state index contributed by atoms with van der Waals surface area (Å²) in [5.74, 6) is 0. The first-order valence-electron chi connectivity index (χ1n) is 7.11. The molecule has 2 saturated carbocycles. The summed E-state index contributed by atoms with van der Waals surface area (Å²) in [6.07, 6.45) is 11.6. The predicted octanol–water partition coefficient (Wildman–Crippen LogP) is 2.95. The molecule has 0 aliphatic heterocycles. The van der Waals surface area contributed by atoms with Crippen LogP contribution in [-0.2, 0) is 6.54 Å². The smallest absolute Gasteiger partial charge is 0.0537 e. The molecule has 3 nitrogen and oxygen atoms in total. The van der Waals surface area contributed by atoms with Gasteiger partial charge >= 0.3 is 0 Å². The average molecular weight is 233 g/mol. The number of hydrogen-bond donors (Lipinski definition) is 1. The minimum absolute atomic E-state index is 0.665. The van der Waals surface area contributed by atoms with Gasteiger partial charge in [-0.3, -0.25) is 4.68 Å². The van der Waals surface area contributed by atoms with Crippen LogP contribution in [0.15, 0.2) is 6.20 Å². The predicted molar refractivity (Wildman–Crippen MR) is 68.9 cm³/mol. The fourth-order valence-electron chi connectivity index (χ4n) is 2.87. The van der Waals surface area contributed by atoms with E-state index in [9.17, 15) is 0 Å². The minimum atomic E-state index is 0.665. The Bertz CT molecular complexity index is 373. The molecule has 1 heterocycles. The van der Waals surface area contributed by atoms with E-state index in [1.807, 2.05) is 0 Å². The van der Waals surface area contributed by atoms with Gasteiger partial charge in [0.1, 0.15) is 0 Å². The summed E-state index contributed by atoms with van der Waals surface area (Å²) in [6.45, 7) is 3.23. The molecule has 2 aliphatic carbocycles. The number of nitrogens with one attached hydrogen (secondary N) is 1. The van der Waals surface area contributed by atoms with Gasteiger partial charge < -0.3 is 5.32 Å². The molecule has 2 fully saturated rings. The van der Waals surface area contributed by atoms with E-state index in [0.29, 0.717) is 6.04 Å². The van der Waals surface area contributed by atoms with Gasteiger partial charge in [-0.25, -0.2) is 0 Å². The highest BCUT2D eigenvalue weighted by Gasteiger charge is 2.22. The van der Waals surface area contributed by atoms with Crippen molar-refractivity contribution in [2.45, 2.75) is 70.5 Å². The van der Waals surface area contributed by atoms with Crippen molar-refractivity contribution in [2.75, 3.05) is 0 Å². The standard InChI is InChI=1S/C14H23N3/c1-11-12(9-15-13-7-8-13)10-16-17(11)14-5-3-2-4-6-14/h10,13-15H,2-9H2,1H3. The van der Waals surface area contributed by atoms with Crippen molar-refractivity contribution >= 4 is 0 Å². The molecule has 0 unspecified atom stereocenters. The van der Waals surface area contributed by atoms with E-state index in [1.54, 1.807) is 0 Å². The third-order valence-corrected chi connectivity index (χ3v) is 4.23. The molecule has 0 amide bonds. The summed E-state index contributed by atoms with van der Waals surface area (Å²) in [4.78, 5) is 0. The Morgan fingerprint density at radius 2 is 2.00 bits per heavy atom. The second-order valence-corrected chi connectivity index (χ2v) is 5.65. The van der Waals surface area contributed by atoms with E-state index >= 15 is 0 Å². The fraction of sp³-hybridized carbons (Fsp3) is 0.786. The van der Waals surface area contributed by atoms with Crippen LogP contribution in [0.1, 0.15) is 62.2 Å². The first-order chi connectivity index (χ1) is 8.34. The van der Waals surface area contributed by atoms with Crippen LogP contribution in [0.3, 0.4) is 0 Å². The molecular formula is C14H23N3. The molecule has 1 aromatic heterocycles. The maximum Gasteiger partial charge on any atom is 0.0537 e. The highest BCUT2D eigenvalue weighted by Crippen LogP contribution is 2.29. The van der Waals surface area contributed by atoms with Gasteiger partial charge in [-0.05, 0) is 32.6 Å². The second-order valence-electron chi connectivity index (χ2n) is 5.65. The van der Waals surface area contributed by atoms with Gasteiger partial charge in [0.25, 0.3) is 0 Å². The largest absolute Gasteiger partial charge is 0.310 e. The third-order valence-electron chi connectivity index (χ3n) is 4.23. The summed E-state index contributed by atoms with van der Waals surface area (Å²) in [5, 5.41) is 8.19. The summed E-state index contributed by atoms with van der Waals surface area (Å²) in [6, 6.07) is 1.45. The lowest BCUT2D eigenvalue weighted by Gasteiger charge is -2.23. The Labute approximate surface area is 104 Å². The van der Waals surface area contributed by atoms with Gasteiger partial charge in [0.2, 0.25) is 0 Å². The van der Waals surface area contributed by atoms with Gasteiger partial charge in [-0.15, -0.1) is 0 Å². The van der Waals surface area contributed by atoms with Crippen molar-refractivity contribution in [1.82, 2.24) is 15.1 Å². The van der Waals surface area contributed by atoms with E-state index < -0.39 is 0 Å². The highest BCUT2D eigenvalue weighted by atomic mass is 15.3. The van der Waals surface area contributed by atoms with Crippen molar-refractivity contribution in [1.29, 1.82) is 0 Å². The lowest BCUT2D eigenvalue weighted by Crippen LogP contribution is -2.18. The van der Waals surface area contributed by atoms with Crippen molar-refractivity contribution in [2.24, 2.45) is 0 Å². The second kappa shape index (κ2) is 4.81. The minimum Gasteiger partial charge on any atom is -0.310 e. The molecule has 0 saturated heterocycles. The lowest BCUT2D eigenvalue weighted by atomic mass is 9.95. The first-order valence-corrected chi connectivity index (χ1v) is 7.11. The third kappa shape index (κ3) is 2.54. The molecule has 1 aromatic rings. The zero-order valence-electron chi connectivity index (χ0n) is 10.8. The lowest BCUT2D eigenvalue weighted by molar-refractivity contribution is 0.324. The SMILES string of the molecule is Cc1c(CNC2CC2)cnn1C1CCCCC1. The van der Waals surface area contributed by atoms with Gasteiger partial charge in [0, 0.05) is 23.8 Å². The van der Waals surface area contributed by atoms with Crippen LogP contribution in [0.4, 0.5) is 0 Å². The quantitative estimate of drug-likeness (QED) is 0.866. The maximum absolute atomic E-state index is 4.61. The topological polar surface area (TPSA) is 29.9 Å². The molecule has 1 N–H and O–H groups in total. The van der Waals surface area contributed by atoms with Gasteiger partial charge in [0.05, 0.1) is 12.2 Å². The summed E-state index contributed by atoms with van der Waals surface area (Å²) < 4.78 is 2.28. The highest BCUT2D eigenvalue weighted by molar-refractivity contribution is 5.17. The van der Waals surface area contributed by atoms with E-state index in [4.69, 9.17) is 0 Å². The van der Waals surface area contributed by atoms with Crippen LogP contribution in [0, 0.1) is 6.92 Å². The van der Waals surface area contributed by atoms with Crippen LogP contribution in [0.25, 0.3) is 0 Å². The molecule has 94 valence electrons. The van der Waals surface area contributed by atoms with Crippen LogP contribution in [0.5, 0.6) is 0 Å². The number of nitrogens with zero attached hydrogens (tertiary/aromatic N) is 2. The van der Waals surface area contributed by atoms with Crippen molar-refractivity contribution < 1.29 is 0 Å². The Balaban J connectivity index is 1.66. The molecule has 2 aliphatic rings. The van der Waals surface area contributed by atoms with Crippen LogP contribution < -0.4 is 5.32 Å². The number of aromatic nitrogens is 2. The Morgan fingerprint density at radius 3 is 2.71 bits per heavy atom. The van der Waals surface area contributed by atoms with Crippen molar-refractivity contribution in [3.8, 4) is 0 Å². The van der Waals surface area contributed by atoms with Gasteiger partial charge in [-0.1, -0.05) is 19.3 Å². The normalized spacial score (nSPS) is 21.9. The maximum atomic E-state index is 4.61. The molecule has 0 spiro atoms. The molecular weight excluding hydrogens is 210 g/mol. The molecule has 3 rings (SSSR count). The van der Waals surface area contributed by atoms with Crippen molar-refractivity contribution in [3.05, 3.63) is 17.5 Å². The Hall–Kier alpha value is -0.830. The number of hydrogen-bond acceptors (Lipinski definition) is 2. The van der Waals surface area contributed by atoms with E-state index in [2.05, 4.69) is 28.2 Å². The molecule has 17 heavy (non-hydrogen) atoms. The first kappa shape index (κ1) is 11.3. The van der Waals surface area contributed by atoms with E-state index in [1.165, 1.54) is 56.2 Å². The molecule has 0 radical (unpaired) electrons. The molecule has 0 atom stereocenters. The fourth-order valence-corrected chi connectivity index (χ4v) is 2.87. The zero-order valence-corrected chi connectivity index (χ0v) is 10.8.